The van der Waals surface area contributed by atoms with E-state index in [2.05, 4.69) is 5.32 Å². The highest BCUT2D eigenvalue weighted by Gasteiger charge is 2.38. The Bertz CT molecular complexity index is 523. The SMILES string of the molecule is O=[N+]([O-])c1cc(Cl)ccc1NC1CCCC2OCCC12. The first-order chi connectivity index (χ1) is 9.65. The van der Waals surface area contributed by atoms with E-state index in [1.807, 2.05) is 0 Å². The normalized spacial score (nSPS) is 28.9. The fourth-order valence-corrected chi connectivity index (χ4v) is 3.50. The van der Waals surface area contributed by atoms with Gasteiger partial charge in [0, 0.05) is 29.7 Å². The second kappa shape index (κ2) is 5.58. The number of nitrogens with one attached hydrogen (secondary N) is 1. The van der Waals surface area contributed by atoms with Gasteiger partial charge in [0.05, 0.1) is 11.0 Å². The summed E-state index contributed by atoms with van der Waals surface area (Å²) in [5.74, 6) is 0.457. The van der Waals surface area contributed by atoms with Crippen molar-refractivity contribution < 1.29 is 9.66 Å². The monoisotopic (exact) mass is 296 g/mol. The summed E-state index contributed by atoms with van der Waals surface area (Å²) in [6.45, 7) is 0.802. The van der Waals surface area contributed by atoms with Gasteiger partial charge in [0.1, 0.15) is 5.69 Å². The molecule has 0 bridgehead atoms. The maximum atomic E-state index is 11.1. The molecule has 3 rings (SSSR count). The van der Waals surface area contributed by atoms with Crippen LogP contribution < -0.4 is 5.32 Å². The molecule has 1 aromatic carbocycles. The van der Waals surface area contributed by atoms with E-state index < -0.39 is 0 Å². The average molecular weight is 297 g/mol. The Balaban J connectivity index is 1.82. The number of anilines is 1. The molecule has 6 heteroatoms. The van der Waals surface area contributed by atoms with E-state index in [0.29, 0.717) is 22.7 Å². The minimum absolute atomic E-state index is 0.0403. The lowest BCUT2D eigenvalue weighted by Gasteiger charge is -2.33. The van der Waals surface area contributed by atoms with Gasteiger partial charge in [0.25, 0.3) is 5.69 Å². The molecule has 1 aliphatic carbocycles. The number of hydrogen-bond donors (Lipinski definition) is 1. The van der Waals surface area contributed by atoms with Gasteiger partial charge in [-0.05, 0) is 37.8 Å². The second-order valence-electron chi connectivity index (χ2n) is 5.46. The summed E-state index contributed by atoms with van der Waals surface area (Å²) < 4.78 is 5.73. The Hall–Kier alpha value is -1.33. The quantitative estimate of drug-likeness (QED) is 0.683. The first kappa shape index (κ1) is 13.6. The van der Waals surface area contributed by atoms with Gasteiger partial charge in [-0.25, -0.2) is 0 Å². The number of nitro benzene ring substituents is 1. The van der Waals surface area contributed by atoms with Gasteiger partial charge in [-0.2, -0.15) is 0 Å². The highest BCUT2D eigenvalue weighted by atomic mass is 35.5. The lowest BCUT2D eigenvalue weighted by Crippen LogP contribution is -2.38. The summed E-state index contributed by atoms with van der Waals surface area (Å²) in [5.41, 5.74) is 0.593. The number of benzene rings is 1. The summed E-state index contributed by atoms with van der Waals surface area (Å²) >= 11 is 5.84. The van der Waals surface area contributed by atoms with Crippen LogP contribution in [-0.4, -0.2) is 23.7 Å². The fourth-order valence-electron chi connectivity index (χ4n) is 3.33. The highest BCUT2D eigenvalue weighted by molar-refractivity contribution is 6.30. The Labute approximate surface area is 122 Å². The van der Waals surface area contributed by atoms with E-state index in [-0.39, 0.29) is 16.7 Å². The van der Waals surface area contributed by atoms with Crippen LogP contribution in [0.1, 0.15) is 25.7 Å². The van der Waals surface area contributed by atoms with Gasteiger partial charge >= 0.3 is 0 Å². The Morgan fingerprint density at radius 1 is 1.35 bits per heavy atom. The van der Waals surface area contributed by atoms with E-state index >= 15 is 0 Å². The van der Waals surface area contributed by atoms with Crippen molar-refractivity contribution in [3.05, 3.63) is 33.3 Å². The zero-order valence-corrected chi connectivity index (χ0v) is 11.8. The molecule has 108 valence electrons. The first-order valence-corrected chi connectivity index (χ1v) is 7.35. The Morgan fingerprint density at radius 3 is 3.00 bits per heavy atom. The molecule has 3 atom stereocenters. The molecule has 1 aromatic rings. The molecule has 1 N–H and O–H groups in total. The molecule has 5 nitrogen and oxygen atoms in total. The maximum absolute atomic E-state index is 11.1. The van der Waals surface area contributed by atoms with E-state index in [4.69, 9.17) is 16.3 Å². The van der Waals surface area contributed by atoms with Crippen molar-refractivity contribution in [1.82, 2.24) is 0 Å². The van der Waals surface area contributed by atoms with Crippen molar-refractivity contribution in [3.8, 4) is 0 Å². The van der Waals surface area contributed by atoms with Crippen LogP contribution in [0.4, 0.5) is 11.4 Å². The van der Waals surface area contributed by atoms with Crippen molar-refractivity contribution in [2.75, 3.05) is 11.9 Å². The van der Waals surface area contributed by atoms with E-state index in [1.54, 1.807) is 12.1 Å². The van der Waals surface area contributed by atoms with Gasteiger partial charge in [0.2, 0.25) is 0 Å². The van der Waals surface area contributed by atoms with Crippen molar-refractivity contribution in [1.29, 1.82) is 0 Å². The molecule has 3 unspecified atom stereocenters. The highest BCUT2D eigenvalue weighted by Crippen LogP contribution is 2.37. The molecule has 1 aliphatic heterocycles. The third-order valence-electron chi connectivity index (χ3n) is 4.28. The standard InChI is InChI=1S/C14H17ClN2O3/c15-9-4-5-12(13(8-9)17(18)19)16-11-2-1-3-14-10(11)6-7-20-14/h4-5,8,10-11,14,16H,1-3,6-7H2. The second-order valence-corrected chi connectivity index (χ2v) is 5.90. The molecule has 2 aliphatic rings. The molecule has 0 radical (unpaired) electrons. The fraction of sp³-hybridized carbons (Fsp3) is 0.571. The molecule has 0 amide bonds. The summed E-state index contributed by atoms with van der Waals surface area (Å²) in [6.07, 6.45) is 4.58. The molecular weight excluding hydrogens is 280 g/mol. The van der Waals surface area contributed by atoms with Crippen molar-refractivity contribution in [2.24, 2.45) is 5.92 Å². The topological polar surface area (TPSA) is 64.4 Å². The van der Waals surface area contributed by atoms with Crippen LogP contribution in [0.3, 0.4) is 0 Å². The van der Waals surface area contributed by atoms with Gasteiger partial charge in [-0.1, -0.05) is 11.6 Å². The average Bonchev–Trinajstić information content (AvgIpc) is 2.90. The minimum atomic E-state index is -0.389. The zero-order chi connectivity index (χ0) is 14.1. The number of rotatable bonds is 3. The first-order valence-electron chi connectivity index (χ1n) is 6.97. The number of nitro groups is 1. The Kier molecular flexibility index (Phi) is 3.81. The van der Waals surface area contributed by atoms with Crippen LogP contribution in [0.15, 0.2) is 18.2 Å². The number of hydrogen-bond acceptors (Lipinski definition) is 4. The lowest BCUT2D eigenvalue weighted by molar-refractivity contribution is -0.384. The summed E-state index contributed by atoms with van der Waals surface area (Å²) in [4.78, 5) is 10.7. The third kappa shape index (κ3) is 2.60. The van der Waals surface area contributed by atoms with Crippen LogP contribution in [-0.2, 0) is 4.74 Å². The molecule has 1 saturated heterocycles. The number of ether oxygens (including phenoxy) is 1. The smallest absolute Gasteiger partial charge is 0.293 e. The molecule has 0 aromatic heterocycles. The van der Waals surface area contributed by atoms with Gasteiger partial charge < -0.3 is 10.1 Å². The molecule has 1 saturated carbocycles. The number of fused-ring (bicyclic) bond motifs is 1. The van der Waals surface area contributed by atoms with E-state index in [9.17, 15) is 10.1 Å². The Morgan fingerprint density at radius 2 is 2.20 bits per heavy atom. The van der Waals surface area contributed by atoms with Crippen LogP contribution in [0.2, 0.25) is 5.02 Å². The minimum Gasteiger partial charge on any atom is -0.378 e. The number of nitrogens with zero attached hydrogens (tertiary/aromatic N) is 1. The van der Waals surface area contributed by atoms with Crippen LogP contribution in [0, 0.1) is 16.0 Å². The predicted octanol–water partition coefficient (Wildman–Crippen LogP) is 3.62. The van der Waals surface area contributed by atoms with Crippen LogP contribution >= 0.6 is 11.6 Å². The van der Waals surface area contributed by atoms with E-state index in [0.717, 1.165) is 32.3 Å². The molecule has 2 fully saturated rings. The largest absolute Gasteiger partial charge is 0.378 e. The third-order valence-corrected chi connectivity index (χ3v) is 4.51. The summed E-state index contributed by atoms with van der Waals surface area (Å²) in [6, 6.07) is 5.02. The summed E-state index contributed by atoms with van der Waals surface area (Å²) in [5, 5.41) is 14.9. The van der Waals surface area contributed by atoms with Gasteiger partial charge in [-0.3, -0.25) is 10.1 Å². The zero-order valence-electron chi connectivity index (χ0n) is 11.0. The lowest BCUT2D eigenvalue weighted by atomic mass is 9.81. The van der Waals surface area contributed by atoms with Crippen LogP contribution in [0.5, 0.6) is 0 Å². The molecule has 1 heterocycles. The summed E-state index contributed by atoms with van der Waals surface area (Å²) in [7, 11) is 0. The van der Waals surface area contributed by atoms with Gasteiger partial charge in [-0.15, -0.1) is 0 Å². The molecule has 20 heavy (non-hydrogen) atoms. The molecule has 0 spiro atoms. The van der Waals surface area contributed by atoms with Crippen molar-refractivity contribution >= 4 is 23.0 Å². The van der Waals surface area contributed by atoms with Crippen molar-refractivity contribution in [2.45, 2.75) is 37.8 Å². The van der Waals surface area contributed by atoms with Crippen molar-refractivity contribution in [3.63, 3.8) is 0 Å². The van der Waals surface area contributed by atoms with E-state index in [1.165, 1.54) is 6.07 Å². The maximum Gasteiger partial charge on any atom is 0.293 e. The predicted molar refractivity (Wildman–Crippen MR) is 77.2 cm³/mol. The van der Waals surface area contributed by atoms with Crippen LogP contribution in [0.25, 0.3) is 0 Å². The molecular formula is C14H17ClN2O3. The van der Waals surface area contributed by atoms with Gasteiger partial charge in [0.15, 0.2) is 0 Å². The number of halogens is 1.